The van der Waals surface area contributed by atoms with Crippen LogP contribution in [0.1, 0.15) is 12.0 Å². The molecule has 2 N–H and O–H groups in total. The largest absolute Gasteiger partial charge is 0.356 e. The molecule has 0 aliphatic rings. The number of alkyl halides is 1. The van der Waals surface area contributed by atoms with Gasteiger partial charge in [-0.1, -0.05) is 15.9 Å². The van der Waals surface area contributed by atoms with Crippen LogP contribution in [0.25, 0.3) is 0 Å². The van der Waals surface area contributed by atoms with E-state index in [1.165, 1.54) is 32.4 Å². The molecule has 0 saturated heterocycles. The van der Waals surface area contributed by atoms with Gasteiger partial charge in [-0.25, -0.2) is 8.78 Å². The molecule has 0 fully saturated rings. The van der Waals surface area contributed by atoms with Crippen LogP contribution in [0.5, 0.6) is 0 Å². The minimum Gasteiger partial charge on any atom is -0.356 e. The quantitative estimate of drug-likeness (QED) is 0.819. The Morgan fingerprint density at radius 2 is 2.00 bits per heavy atom. The highest BCUT2D eigenvalue weighted by Gasteiger charge is 2.34. The van der Waals surface area contributed by atoms with E-state index in [4.69, 9.17) is 15.2 Å². The Bertz CT molecular complexity index is 402. The zero-order chi connectivity index (χ0) is 13.8. The van der Waals surface area contributed by atoms with Gasteiger partial charge in [0.2, 0.25) is 0 Å². The van der Waals surface area contributed by atoms with E-state index in [1.54, 1.807) is 0 Å². The summed E-state index contributed by atoms with van der Waals surface area (Å²) < 4.78 is 37.6. The molecule has 1 rings (SSSR count). The lowest BCUT2D eigenvalue weighted by Crippen LogP contribution is -2.43. The highest BCUT2D eigenvalue weighted by atomic mass is 79.9. The molecule has 1 aromatic rings. The average molecular weight is 324 g/mol. The fraction of sp³-hybridized carbons (Fsp3) is 0.500. The number of ether oxygens (including phenoxy) is 2. The van der Waals surface area contributed by atoms with Crippen molar-refractivity contribution in [2.75, 3.05) is 20.9 Å². The predicted molar refractivity (Wildman–Crippen MR) is 68.4 cm³/mol. The Labute approximate surface area is 113 Å². The van der Waals surface area contributed by atoms with Gasteiger partial charge in [-0.2, -0.15) is 0 Å². The summed E-state index contributed by atoms with van der Waals surface area (Å²) in [6, 6.07) is 4.24. The summed E-state index contributed by atoms with van der Waals surface area (Å²) in [6.07, 6.45) is -0.673. The van der Waals surface area contributed by atoms with Crippen LogP contribution in [0.3, 0.4) is 0 Å². The van der Waals surface area contributed by atoms with Gasteiger partial charge in [0.05, 0.1) is 5.54 Å². The highest BCUT2D eigenvalue weighted by Crippen LogP contribution is 2.30. The molecule has 18 heavy (non-hydrogen) atoms. The van der Waals surface area contributed by atoms with Gasteiger partial charge in [0.25, 0.3) is 0 Å². The fourth-order valence-corrected chi connectivity index (χ4v) is 2.04. The summed E-state index contributed by atoms with van der Waals surface area (Å²) in [6.45, 7) is -0.913. The van der Waals surface area contributed by atoms with Crippen LogP contribution in [0.15, 0.2) is 22.7 Å². The van der Waals surface area contributed by atoms with Gasteiger partial charge in [0.15, 0.2) is 6.29 Å². The number of benzene rings is 1. The summed E-state index contributed by atoms with van der Waals surface area (Å²) in [5.41, 5.74) is 4.56. The van der Waals surface area contributed by atoms with Crippen LogP contribution in [-0.4, -0.2) is 27.2 Å². The first-order valence-electron chi connectivity index (χ1n) is 5.33. The van der Waals surface area contributed by atoms with Crippen molar-refractivity contribution in [3.63, 3.8) is 0 Å². The lowest BCUT2D eigenvalue weighted by Gasteiger charge is -2.30. The highest BCUT2D eigenvalue weighted by molar-refractivity contribution is 9.10. The molecule has 0 saturated carbocycles. The molecule has 3 nitrogen and oxygen atoms in total. The fourth-order valence-electron chi connectivity index (χ4n) is 1.68. The topological polar surface area (TPSA) is 44.5 Å². The Kier molecular flexibility index (Phi) is 5.65. The Balaban J connectivity index is 3.09. The van der Waals surface area contributed by atoms with Crippen molar-refractivity contribution in [2.45, 2.75) is 18.2 Å². The number of methoxy groups -OCH3 is 2. The molecular formula is C12H16BrF2NO2. The van der Waals surface area contributed by atoms with Gasteiger partial charge in [-0.05, 0) is 18.2 Å². The summed E-state index contributed by atoms with van der Waals surface area (Å²) in [5, 5.41) is 0. The van der Waals surface area contributed by atoms with Gasteiger partial charge in [0, 0.05) is 30.7 Å². The predicted octanol–water partition coefficient (Wildman–Crippen LogP) is 2.72. The third kappa shape index (κ3) is 3.47. The standard InChI is InChI=1S/C12H16BrF2NO2/c1-17-11(18-2)6-12(16,7-14)9-5-8(13)3-4-10(9)15/h3-5,11H,6-7,16H2,1-2H3. The minimum absolute atomic E-state index is 0.0177. The smallest absolute Gasteiger partial charge is 0.159 e. The maximum absolute atomic E-state index is 13.8. The van der Waals surface area contributed by atoms with Crippen LogP contribution in [0.4, 0.5) is 8.78 Å². The third-order valence-corrected chi connectivity index (χ3v) is 3.25. The Hall–Kier alpha value is -0.560. The Morgan fingerprint density at radius 3 is 2.50 bits per heavy atom. The number of rotatable bonds is 6. The van der Waals surface area contributed by atoms with Gasteiger partial charge < -0.3 is 15.2 Å². The minimum atomic E-state index is -1.48. The molecule has 0 aliphatic carbocycles. The van der Waals surface area contributed by atoms with E-state index in [1.807, 2.05) is 0 Å². The van der Waals surface area contributed by atoms with Gasteiger partial charge >= 0.3 is 0 Å². The monoisotopic (exact) mass is 323 g/mol. The van der Waals surface area contributed by atoms with Gasteiger partial charge in [-0.15, -0.1) is 0 Å². The molecule has 0 amide bonds. The first kappa shape index (κ1) is 15.5. The molecule has 0 bridgehead atoms. The molecule has 1 unspecified atom stereocenters. The zero-order valence-electron chi connectivity index (χ0n) is 10.3. The lowest BCUT2D eigenvalue weighted by atomic mass is 9.88. The molecule has 1 atom stereocenters. The summed E-state index contributed by atoms with van der Waals surface area (Å²) in [7, 11) is 2.84. The van der Waals surface area contributed by atoms with Gasteiger partial charge in [0.1, 0.15) is 12.5 Å². The van der Waals surface area contributed by atoms with Crippen molar-refractivity contribution >= 4 is 15.9 Å². The number of hydrogen-bond donors (Lipinski definition) is 1. The van der Waals surface area contributed by atoms with Crippen molar-refractivity contribution in [1.82, 2.24) is 0 Å². The molecule has 0 radical (unpaired) electrons. The molecule has 0 aromatic heterocycles. The molecule has 1 aromatic carbocycles. The van der Waals surface area contributed by atoms with E-state index >= 15 is 0 Å². The van der Waals surface area contributed by atoms with Crippen LogP contribution < -0.4 is 5.73 Å². The second-order valence-electron chi connectivity index (χ2n) is 4.02. The Morgan fingerprint density at radius 1 is 1.39 bits per heavy atom. The first-order valence-corrected chi connectivity index (χ1v) is 6.12. The van der Waals surface area contributed by atoms with Crippen molar-refractivity contribution in [3.8, 4) is 0 Å². The maximum Gasteiger partial charge on any atom is 0.159 e. The number of hydrogen-bond acceptors (Lipinski definition) is 3. The van der Waals surface area contributed by atoms with Crippen molar-refractivity contribution < 1.29 is 18.3 Å². The van der Waals surface area contributed by atoms with Crippen LogP contribution in [0.2, 0.25) is 0 Å². The number of halogens is 3. The molecule has 0 spiro atoms. The normalized spacial score (nSPS) is 14.8. The van der Waals surface area contributed by atoms with E-state index in [0.29, 0.717) is 4.47 Å². The second-order valence-corrected chi connectivity index (χ2v) is 4.93. The van der Waals surface area contributed by atoms with Crippen LogP contribution >= 0.6 is 15.9 Å². The zero-order valence-corrected chi connectivity index (χ0v) is 11.8. The van der Waals surface area contributed by atoms with E-state index in [-0.39, 0.29) is 12.0 Å². The molecule has 0 heterocycles. The second kappa shape index (κ2) is 6.56. The molecule has 6 heteroatoms. The first-order chi connectivity index (χ1) is 8.46. The average Bonchev–Trinajstić information content (AvgIpc) is 2.38. The molecule has 102 valence electrons. The SMILES string of the molecule is COC(CC(N)(CF)c1cc(Br)ccc1F)OC. The van der Waals surface area contributed by atoms with Crippen molar-refractivity contribution in [1.29, 1.82) is 0 Å². The summed E-state index contributed by atoms with van der Waals surface area (Å²) >= 11 is 3.21. The van der Waals surface area contributed by atoms with E-state index in [9.17, 15) is 8.78 Å². The van der Waals surface area contributed by atoms with Gasteiger partial charge in [-0.3, -0.25) is 0 Å². The number of nitrogens with two attached hydrogens (primary N) is 1. The molecular weight excluding hydrogens is 308 g/mol. The summed E-state index contributed by atoms with van der Waals surface area (Å²) in [5.74, 6) is -0.552. The van der Waals surface area contributed by atoms with Crippen molar-refractivity contribution in [2.24, 2.45) is 5.73 Å². The van der Waals surface area contributed by atoms with E-state index < -0.39 is 24.3 Å². The third-order valence-electron chi connectivity index (χ3n) is 2.76. The summed E-state index contributed by atoms with van der Waals surface area (Å²) in [4.78, 5) is 0. The lowest BCUT2D eigenvalue weighted by molar-refractivity contribution is -0.118. The van der Waals surface area contributed by atoms with E-state index in [2.05, 4.69) is 15.9 Å². The van der Waals surface area contributed by atoms with E-state index in [0.717, 1.165) is 0 Å². The van der Waals surface area contributed by atoms with Crippen LogP contribution in [-0.2, 0) is 15.0 Å². The van der Waals surface area contributed by atoms with Crippen LogP contribution in [0, 0.1) is 5.82 Å². The maximum atomic E-state index is 13.8. The molecule has 0 aliphatic heterocycles. The van der Waals surface area contributed by atoms with Crippen molar-refractivity contribution in [3.05, 3.63) is 34.1 Å².